The molecule has 0 bridgehead atoms. The van der Waals surface area contributed by atoms with Crippen molar-refractivity contribution >= 4 is 22.5 Å². The minimum atomic E-state index is 0.713. The highest BCUT2D eigenvalue weighted by Gasteiger charge is 1.92. The molecule has 0 spiro atoms. The quantitative estimate of drug-likeness (QED) is 0.560. The summed E-state index contributed by atoms with van der Waals surface area (Å²) >= 11 is 4.03. The SMILES string of the molecule is N#Cc1cccc(CSS)c1. The third-order valence-electron chi connectivity index (χ3n) is 1.29. The molecule has 0 atom stereocenters. The summed E-state index contributed by atoms with van der Waals surface area (Å²) in [6.45, 7) is 0. The third-order valence-corrected chi connectivity index (χ3v) is 2.14. The molecule has 0 heterocycles. The van der Waals surface area contributed by atoms with Gasteiger partial charge in [0.2, 0.25) is 0 Å². The zero-order valence-electron chi connectivity index (χ0n) is 5.82. The van der Waals surface area contributed by atoms with Crippen molar-refractivity contribution < 1.29 is 0 Å². The maximum Gasteiger partial charge on any atom is 0.0991 e. The summed E-state index contributed by atoms with van der Waals surface area (Å²) in [5.74, 6) is 0.846. The molecule has 1 aromatic carbocycles. The Morgan fingerprint density at radius 1 is 1.55 bits per heavy atom. The van der Waals surface area contributed by atoms with Crippen LogP contribution in [0.2, 0.25) is 0 Å². The molecule has 0 aliphatic rings. The Bertz CT molecular complexity index is 278. The molecule has 11 heavy (non-hydrogen) atoms. The van der Waals surface area contributed by atoms with Crippen LogP contribution < -0.4 is 0 Å². The van der Waals surface area contributed by atoms with Crippen LogP contribution in [0.3, 0.4) is 0 Å². The van der Waals surface area contributed by atoms with Gasteiger partial charge in [0, 0.05) is 5.75 Å². The molecule has 0 saturated heterocycles. The second-order valence-electron chi connectivity index (χ2n) is 2.09. The summed E-state index contributed by atoms with van der Waals surface area (Å²) in [6.07, 6.45) is 0. The van der Waals surface area contributed by atoms with Gasteiger partial charge in [-0.1, -0.05) is 22.9 Å². The van der Waals surface area contributed by atoms with Gasteiger partial charge in [0.15, 0.2) is 0 Å². The molecule has 0 amide bonds. The lowest BCUT2D eigenvalue weighted by Gasteiger charge is -1.95. The fourth-order valence-corrected chi connectivity index (χ4v) is 1.58. The number of rotatable bonds is 2. The molecular weight excluding hydrogens is 174 g/mol. The van der Waals surface area contributed by atoms with Crippen LogP contribution in [0.5, 0.6) is 0 Å². The fourth-order valence-electron chi connectivity index (χ4n) is 0.805. The van der Waals surface area contributed by atoms with Crippen molar-refractivity contribution in [1.29, 1.82) is 5.26 Å². The van der Waals surface area contributed by atoms with Gasteiger partial charge in [0.05, 0.1) is 11.6 Å². The number of thiol groups is 1. The van der Waals surface area contributed by atoms with E-state index in [1.165, 1.54) is 10.8 Å². The number of hydrogen-bond acceptors (Lipinski definition) is 3. The van der Waals surface area contributed by atoms with E-state index >= 15 is 0 Å². The van der Waals surface area contributed by atoms with E-state index in [0.29, 0.717) is 5.56 Å². The molecule has 0 unspecified atom stereocenters. The maximum absolute atomic E-state index is 8.55. The molecule has 1 aromatic rings. The van der Waals surface area contributed by atoms with E-state index in [-0.39, 0.29) is 0 Å². The third kappa shape index (κ3) is 2.49. The highest BCUT2D eigenvalue weighted by Crippen LogP contribution is 2.15. The van der Waals surface area contributed by atoms with Gasteiger partial charge in [-0.05, 0) is 17.7 Å². The summed E-state index contributed by atoms with van der Waals surface area (Å²) < 4.78 is 0. The van der Waals surface area contributed by atoms with Crippen molar-refractivity contribution in [3.63, 3.8) is 0 Å². The molecular formula is C8H7NS2. The predicted molar refractivity (Wildman–Crippen MR) is 51.4 cm³/mol. The standard InChI is InChI=1S/C8H7NS2/c9-5-7-2-1-3-8(4-7)6-11-10/h1-4,10H,6H2. The maximum atomic E-state index is 8.55. The molecule has 1 rings (SSSR count). The van der Waals surface area contributed by atoms with Gasteiger partial charge < -0.3 is 0 Å². The van der Waals surface area contributed by atoms with Gasteiger partial charge in [0.1, 0.15) is 0 Å². The van der Waals surface area contributed by atoms with Crippen molar-refractivity contribution in [2.24, 2.45) is 0 Å². The first kappa shape index (κ1) is 8.51. The zero-order valence-corrected chi connectivity index (χ0v) is 7.53. The molecule has 0 saturated carbocycles. The van der Waals surface area contributed by atoms with Crippen LogP contribution in [0.4, 0.5) is 0 Å². The van der Waals surface area contributed by atoms with Crippen molar-refractivity contribution in [1.82, 2.24) is 0 Å². The molecule has 1 nitrogen and oxygen atoms in total. The first-order chi connectivity index (χ1) is 5.36. The van der Waals surface area contributed by atoms with Crippen molar-refractivity contribution in [2.45, 2.75) is 5.75 Å². The summed E-state index contributed by atoms with van der Waals surface area (Å²) in [4.78, 5) is 0. The Kier molecular flexibility index (Phi) is 3.34. The normalized spacial score (nSPS) is 9.09. The minimum absolute atomic E-state index is 0.713. The van der Waals surface area contributed by atoms with E-state index in [1.54, 1.807) is 6.07 Å². The van der Waals surface area contributed by atoms with Crippen LogP contribution in [0.1, 0.15) is 11.1 Å². The average molecular weight is 181 g/mol. The van der Waals surface area contributed by atoms with Gasteiger partial charge in [0.25, 0.3) is 0 Å². The number of nitriles is 1. The Hall–Kier alpha value is -0.590. The summed E-state index contributed by atoms with van der Waals surface area (Å²) in [5.41, 5.74) is 1.86. The molecule has 56 valence electrons. The Morgan fingerprint density at radius 2 is 2.36 bits per heavy atom. The molecule has 3 heteroatoms. The van der Waals surface area contributed by atoms with Gasteiger partial charge in [-0.25, -0.2) is 0 Å². The fraction of sp³-hybridized carbons (Fsp3) is 0.125. The summed E-state index contributed by atoms with van der Waals surface area (Å²) in [7, 11) is 1.46. The van der Waals surface area contributed by atoms with Gasteiger partial charge in [-0.3, -0.25) is 0 Å². The van der Waals surface area contributed by atoms with Crippen LogP contribution in [-0.4, -0.2) is 0 Å². The van der Waals surface area contributed by atoms with Crippen LogP contribution in [-0.2, 0) is 5.75 Å². The second kappa shape index (κ2) is 4.32. The van der Waals surface area contributed by atoms with Gasteiger partial charge >= 0.3 is 0 Å². The van der Waals surface area contributed by atoms with Gasteiger partial charge in [-0.2, -0.15) is 5.26 Å². The summed E-state index contributed by atoms with van der Waals surface area (Å²) in [6, 6.07) is 9.64. The number of hydrogen-bond donors (Lipinski definition) is 1. The first-order valence-corrected chi connectivity index (χ1v) is 5.16. The predicted octanol–water partition coefficient (Wildman–Crippen LogP) is 2.64. The average Bonchev–Trinajstić information content (AvgIpc) is 2.06. The Balaban J connectivity index is 2.85. The minimum Gasteiger partial charge on any atom is -0.192 e. The smallest absolute Gasteiger partial charge is 0.0991 e. The highest BCUT2D eigenvalue weighted by atomic mass is 33.1. The van der Waals surface area contributed by atoms with E-state index in [0.717, 1.165) is 11.3 Å². The van der Waals surface area contributed by atoms with Crippen LogP contribution in [0.15, 0.2) is 24.3 Å². The topological polar surface area (TPSA) is 23.8 Å². The first-order valence-electron chi connectivity index (χ1n) is 3.12. The van der Waals surface area contributed by atoms with Crippen molar-refractivity contribution in [3.8, 4) is 6.07 Å². The lowest BCUT2D eigenvalue weighted by atomic mass is 10.2. The van der Waals surface area contributed by atoms with E-state index in [9.17, 15) is 0 Å². The molecule has 0 radical (unpaired) electrons. The van der Waals surface area contributed by atoms with E-state index in [2.05, 4.69) is 17.7 Å². The lowest BCUT2D eigenvalue weighted by Crippen LogP contribution is -1.79. The van der Waals surface area contributed by atoms with Crippen molar-refractivity contribution in [3.05, 3.63) is 35.4 Å². The Labute approximate surface area is 75.2 Å². The largest absolute Gasteiger partial charge is 0.192 e. The lowest BCUT2D eigenvalue weighted by molar-refractivity contribution is 1.39. The zero-order chi connectivity index (χ0) is 8.10. The van der Waals surface area contributed by atoms with E-state index in [1.807, 2.05) is 18.2 Å². The Morgan fingerprint density at radius 3 is 3.00 bits per heavy atom. The molecule has 0 aliphatic carbocycles. The van der Waals surface area contributed by atoms with Gasteiger partial charge in [-0.15, -0.1) is 11.7 Å². The number of nitrogens with zero attached hydrogens (tertiary/aromatic N) is 1. The molecule has 0 fully saturated rings. The molecule has 0 N–H and O–H groups in total. The second-order valence-corrected chi connectivity index (χ2v) is 3.41. The molecule has 0 aliphatic heterocycles. The van der Waals surface area contributed by atoms with E-state index in [4.69, 9.17) is 5.26 Å². The summed E-state index contributed by atoms with van der Waals surface area (Å²) in [5, 5.41) is 8.55. The van der Waals surface area contributed by atoms with Crippen LogP contribution in [0.25, 0.3) is 0 Å². The van der Waals surface area contributed by atoms with Crippen molar-refractivity contribution in [2.75, 3.05) is 0 Å². The molecule has 0 aromatic heterocycles. The van der Waals surface area contributed by atoms with Crippen LogP contribution in [0, 0.1) is 11.3 Å². The van der Waals surface area contributed by atoms with E-state index < -0.39 is 0 Å². The monoisotopic (exact) mass is 181 g/mol. The highest BCUT2D eigenvalue weighted by molar-refractivity contribution is 8.68. The van der Waals surface area contributed by atoms with Crippen LogP contribution >= 0.6 is 22.5 Å². The number of benzene rings is 1.